The number of amides is 2. The first-order valence-corrected chi connectivity index (χ1v) is 8.36. The van der Waals surface area contributed by atoms with Crippen LogP contribution in [0.1, 0.15) is 0 Å². The van der Waals surface area contributed by atoms with Crippen molar-refractivity contribution in [2.24, 2.45) is 0 Å². The zero-order chi connectivity index (χ0) is 18.4. The molecular weight excluding hydrogens is 387 g/mol. The van der Waals surface area contributed by atoms with Crippen molar-refractivity contribution >= 4 is 52.3 Å². The fourth-order valence-corrected chi connectivity index (χ4v) is 2.54. The van der Waals surface area contributed by atoms with Crippen molar-refractivity contribution in [2.45, 2.75) is 0 Å². The zero-order valence-electron chi connectivity index (χ0n) is 13.3. The molecule has 0 aliphatic heterocycles. The third-order valence-electron chi connectivity index (χ3n) is 3.20. The van der Waals surface area contributed by atoms with Crippen LogP contribution in [0.5, 0.6) is 5.75 Å². The van der Waals surface area contributed by atoms with Gasteiger partial charge in [-0.1, -0.05) is 46.9 Å². The fourth-order valence-electron chi connectivity index (χ4n) is 1.90. The van der Waals surface area contributed by atoms with Crippen LogP contribution < -0.4 is 10.1 Å². The SMILES string of the molecule is CN(CC(=O)Nc1ccccc1Cl)C(=O)COc1ccc(Cl)cc1Cl. The summed E-state index contributed by atoms with van der Waals surface area (Å²) < 4.78 is 5.36. The maximum atomic E-state index is 12.1. The van der Waals surface area contributed by atoms with Crippen molar-refractivity contribution in [3.8, 4) is 5.75 Å². The van der Waals surface area contributed by atoms with Crippen LogP contribution in [0, 0.1) is 0 Å². The van der Waals surface area contributed by atoms with E-state index < -0.39 is 0 Å². The Balaban J connectivity index is 1.85. The summed E-state index contributed by atoms with van der Waals surface area (Å²) in [5.41, 5.74) is 0.485. The number of para-hydroxylation sites is 1. The molecule has 2 aromatic rings. The van der Waals surface area contributed by atoms with Gasteiger partial charge in [0.05, 0.1) is 22.3 Å². The van der Waals surface area contributed by atoms with E-state index in [9.17, 15) is 9.59 Å². The molecule has 0 saturated carbocycles. The highest BCUT2D eigenvalue weighted by Crippen LogP contribution is 2.27. The molecule has 0 fully saturated rings. The third kappa shape index (κ3) is 5.81. The van der Waals surface area contributed by atoms with Crippen LogP contribution in [-0.2, 0) is 9.59 Å². The Morgan fingerprint density at radius 3 is 2.48 bits per heavy atom. The summed E-state index contributed by atoms with van der Waals surface area (Å²) in [6.07, 6.45) is 0. The van der Waals surface area contributed by atoms with Gasteiger partial charge in [0.2, 0.25) is 5.91 Å². The molecule has 2 rings (SSSR count). The average molecular weight is 402 g/mol. The van der Waals surface area contributed by atoms with E-state index >= 15 is 0 Å². The highest BCUT2D eigenvalue weighted by molar-refractivity contribution is 6.35. The number of hydrogen-bond donors (Lipinski definition) is 1. The summed E-state index contributed by atoms with van der Waals surface area (Å²) in [7, 11) is 1.50. The Kier molecular flexibility index (Phi) is 6.93. The number of anilines is 1. The monoisotopic (exact) mass is 400 g/mol. The molecule has 2 amide bonds. The van der Waals surface area contributed by atoms with E-state index in [0.29, 0.717) is 26.5 Å². The molecule has 5 nitrogen and oxygen atoms in total. The minimum absolute atomic E-state index is 0.137. The number of halogens is 3. The summed E-state index contributed by atoms with van der Waals surface area (Å²) in [5, 5.41) is 3.84. The quantitative estimate of drug-likeness (QED) is 0.792. The predicted octanol–water partition coefficient (Wildman–Crippen LogP) is 4.12. The first kappa shape index (κ1) is 19.4. The summed E-state index contributed by atoms with van der Waals surface area (Å²) in [6, 6.07) is 11.5. The van der Waals surface area contributed by atoms with Gasteiger partial charge in [-0.2, -0.15) is 0 Å². The van der Waals surface area contributed by atoms with E-state index in [1.54, 1.807) is 36.4 Å². The van der Waals surface area contributed by atoms with Crippen LogP contribution in [0.15, 0.2) is 42.5 Å². The van der Waals surface area contributed by atoms with E-state index in [-0.39, 0.29) is 25.0 Å². The highest BCUT2D eigenvalue weighted by atomic mass is 35.5. The third-order valence-corrected chi connectivity index (χ3v) is 4.06. The highest BCUT2D eigenvalue weighted by Gasteiger charge is 2.15. The first-order chi connectivity index (χ1) is 11.9. The standard InChI is InChI=1S/C17H15Cl3N2O3/c1-22(9-16(23)21-14-5-3-2-4-12(14)19)17(24)10-25-15-7-6-11(18)8-13(15)20/h2-8H,9-10H2,1H3,(H,21,23). The lowest BCUT2D eigenvalue weighted by atomic mass is 10.3. The Labute approximate surface area is 160 Å². The molecule has 0 radical (unpaired) electrons. The van der Waals surface area contributed by atoms with Gasteiger partial charge in [-0.05, 0) is 30.3 Å². The normalized spacial score (nSPS) is 10.2. The van der Waals surface area contributed by atoms with Crippen LogP contribution in [0.25, 0.3) is 0 Å². The molecule has 0 aliphatic rings. The molecule has 0 atom stereocenters. The Hall–Kier alpha value is -1.95. The van der Waals surface area contributed by atoms with E-state index in [2.05, 4.69) is 5.32 Å². The van der Waals surface area contributed by atoms with E-state index in [1.165, 1.54) is 18.0 Å². The molecule has 0 aromatic heterocycles. The molecular formula is C17H15Cl3N2O3. The number of hydrogen-bond acceptors (Lipinski definition) is 3. The lowest BCUT2D eigenvalue weighted by Gasteiger charge is -2.17. The van der Waals surface area contributed by atoms with Gasteiger partial charge in [0.15, 0.2) is 6.61 Å². The van der Waals surface area contributed by atoms with Crippen molar-refractivity contribution in [1.29, 1.82) is 0 Å². The van der Waals surface area contributed by atoms with Crippen LogP contribution in [0.2, 0.25) is 15.1 Å². The molecule has 1 N–H and O–H groups in total. The van der Waals surface area contributed by atoms with Crippen molar-refractivity contribution in [3.63, 3.8) is 0 Å². The second kappa shape index (κ2) is 8.94. The topological polar surface area (TPSA) is 58.6 Å². The number of ether oxygens (including phenoxy) is 1. The molecule has 0 aliphatic carbocycles. The summed E-state index contributed by atoms with van der Waals surface area (Å²) in [4.78, 5) is 25.3. The number of benzene rings is 2. The van der Waals surface area contributed by atoms with Gasteiger partial charge in [-0.25, -0.2) is 0 Å². The minimum atomic E-state index is -0.375. The smallest absolute Gasteiger partial charge is 0.260 e. The molecule has 132 valence electrons. The van der Waals surface area contributed by atoms with Gasteiger partial charge in [0.25, 0.3) is 5.91 Å². The van der Waals surface area contributed by atoms with Crippen LogP contribution >= 0.6 is 34.8 Å². The average Bonchev–Trinajstić information content (AvgIpc) is 2.55. The predicted molar refractivity (Wildman–Crippen MR) is 99.7 cm³/mol. The van der Waals surface area contributed by atoms with Crippen molar-refractivity contribution in [1.82, 2.24) is 4.90 Å². The van der Waals surface area contributed by atoms with Crippen molar-refractivity contribution in [3.05, 3.63) is 57.5 Å². The number of carbonyl (C=O) groups excluding carboxylic acids is 2. The van der Waals surface area contributed by atoms with E-state index in [4.69, 9.17) is 39.5 Å². The largest absolute Gasteiger partial charge is 0.482 e. The lowest BCUT2D eigenvalue weighted by molar-refractivity contribution is -0.135. The number of rotatable bonds is 6. The minimum Gasteiger partial charge on any atom is -0.482 e. The summed E-state index contributed by atoms with van der Waals surface area (Å²) in [6.45, 7) is -0.390. The molecule has 25 heavy (non-hydrogen) atoms. The van der Waals surface area contributed by atoms with Gasteiger partial charge >= 0.3 is 0 Å². The number of nitrogens with one attached hydrogen (secondary N) is 1. The van der Waals surface area contributed by atoms with Gasteiger partial charge in [-0.3, -0.25) is 9.59 Å². The van der Waals surface area contributed by atoms with Gasteiger partial charge in [0, 0.05) is 12.1 Å². The van der Waals surface area contributed by atoms with Crippen LogP contribution in [-0.4, -0.2) is 36.9 Å². The summed E-state index contributed by atoms with van der Waals surface area (Å²) >= 11 is 17.7. The first-order valence-electron chi connectivity index (χ1n) is 7.23. The molecule has 8 heteroatoms. The van der Waals surface area contributed by atoms with Crippen molar-refractivity contribution in [2.75, 3.05) is 25.5 Å². The maximum Gasteiger partial charge on any atom is 0.260 e. The molecule has 2 aromatic carbocycles. The lowest BCUT2D eigenvalue weighted by Crippen LogP contribution is -2.37. The number of nitrogens with zero attached hydrogens (tertiary/aromatic N) is 1. The maximum absolute atomic E-state index is 12.1. The summed E-state index contributed by atoms with van der Waals surface area (Å²) in [5.74, 6) is -0.401. The molecule has 0 saturated heterocycles. The second-order valence-electron chi connectivity index (χ2n) is 5.14. The number of likely N-dealkylation sites (N-methyl/N-ethyl adjacent to an activating group) is 1. The Morgan fingerprint density at radius 2 is 1.80 bits per heavy atom. The Bertz CT molecular complexity index is 783. The van der Waals surface area contributed by atoms with Crippen LogP contribution in [0.3, 0.4) is 0 Å². The van der Waals surface area contributed by atoms with E-state index in [0.717, 1.165) is 0 Å². The number of carbonyl (C=O) groups is 2. The van der Waals surface area contributed by atoms with E-state index in [1.807, 2.05) is 0 Å². The molecule has 0 spiro atoms. The second-order valence-corrected chi connectivity index (χ2v) is 6.39. The van der Waals surface area contributed by atoms with Gasteiger partial charge in [-0.15, -0.1) is 0 Å². The molecule has 0 unspecified atom stereocenters. The Morgan fingerprint density at radius 1 is 1.08 bits per heavy atom. The zero-order valence-corrected chi connectivity index (χ0v) is 15.5. The van der Waals surface area contributed by atoms with Gasteiger partial charge in [0.1, 0.15) is 5.75 Å². The van der Waals surface area contributed by atoms with Gasteiger partial charge < -0.3 is 15.0 Å². The fraction of sp³-hybridized carbons (Fsp3) is 0.176. The van der Waals surface area contributed by atoms with Crippen LogP contribution in [0.4, 0.5) is 5.69 Å². The molecule has 0 bridgehead atoms. The van der Waals surface area contributed by atoms with Crippen molar-refractivity contribution < 1.29 is 14.3 Å². The molecule has 0 heterocycles.